The van der Waals surface area contributed by atoms with Crippen LogP contribution in [0.25, 0.3) is 0 Å². The van der Waals surface area contributed by atoms with Gasteiger partial charge in [-0.1, -0.05) is 44.2 Å². The van der Waals surface area contributed by atoms with Gasteiger partial charge in [-0.3, -0.25) is 14.5 Å². The molecule has 3 unspecified atom stereocenters. The molecule has 3 N–H and O–H groups in total. The number of carbonyl (C=O) groups is 2. The van der Waals surface area contributed by atoms with Crippen LogP contribution in [0.3, 0.4) is 0 Å². The molecule has 1 saturated carbocycles. The van der Waals surface area contributed by atoms with Crippen molar-refractivity contribution in [1.82, 2.24) is 15.2 Å². The highest BCUT2D eigenvalue weighted by Crippen LogP contribution is 2.65. The SMILES string of the molecule is CC(NC(=O)c1csc(CN2C(=O)C3C(C)(C)C3(C)N=C2N)n1)c1ccccc1. The molecule has 1 aromatic carbocycles. The molecule has 1 aliphatic carbocycles. The average molecular weight is 412 g/mol. The third kappa shape index (κ3) is 3.11. The van der Waals surface area contributed by atoms with Gasteiger partial charge in [0.25, 0.3) is 5.91 Å². The minimum Gasteiger partial charge on any atom is -0.369 e. The summed E-state index contributed by atoms with van der Waals surface area (Å²) >= 11 is 1.34. The van der Waals surface area contributed by atoms with E-state index in [-0.39, 0.29) is 41.7 Å². The number of thiazole rings is 1. The standard InChI is InChI=1S/C21H25N5O2S/c1-12(13-8-6-5-7-9-13)23-17(27)14-11-29-15(24-14)10-26-18(28)16-20(2,3)21(16,4)25-19(26)22/h5-9,11-12,16H,10H2,1-4H3,(H2,22,25)(H,23,27). The van der Waals surface area contributed by atoms with E-state index in [2.05, 4.69) is 15.3 Å². The Bertz CT molecular complexity index is 1000. The fourth-order valence-electron chi connectivity index (χ4n) is 4.16. The Morgan fingerprint density at radius 3 is 2.69 bits per heavy atom. The first kappa shape index (κ1) is 19.6. The van der Waals surface area contributed by atoms with Crippen molar-refractivity contribution in [3.05, 3.63) is 52.0 Å². The maximum absolute atomic E-state index is 12.9. The molecule has 152 valence electrons. The summed E-state index contributed by atoms with van der Waals surface area (Å²) in [5, 5.41) is 5.31. The third-order valence-electron chi connectivity index (χ3n) is 6.37. The van der Waals surface area contributed by atoms with E-state index in [1.807, 2.05) is 58.0 Å². The maximum atomic E-state index is 12.9. The van der Waals surface area contributed by atoms with Crippen LogP contribution in [0, 0.1) is 11.3 Å². The molecular weight excluding hydrogens is 386 g/mol. The molecule has 0 spiro atoms. The molecule has 3 atom stereocenters. The number of aliphatic imine (C=N–C) groups is 1. The normalized spacial score (nSPS) is 25.8. The Kier molecular flexibility index (Phi) is 4.49. The number of guanidine groups is 1. The molecule has 7 nitrogen and oxygen atoms in total. The summed E-state index contributed by atoms with van der Waals surface area (Å²) in [6, 6.07) is 9.62. The highest BCUT2D eigenvalue weighted by Gasteiger charge is 2.74. The molecule has 2 heterocycles. The van der Waals surface area contributed by atoms with Gasteiger partial charge in [-0.2, -0.15) is 0 Å². The van der Waals surface area contributed by atoms with Crippen molar-refractivity contribution in [3.8, 4) is 0 Å². The minimum absolute atomic E-state index is 0.0242. The Morgan fingerprint density at radius 1 is 1.31 bits per heavy atom. The summed E-state index contributed by atoms with van der Waals surface area (Å²) in [6.07, 6.45) is 0. The first-order valence-electron chi connectivity index (χ1n) is 9.62. The fourth-order valence-corrected chi connectivity index (χ4v) is 4.92. The van der Waals surface area contributed by atoms with Crippen molar-refractivity contribution in [2.75, 3.05) is 0 Å². The lowest BCUT2D eigenvalue weighted by molar-refractivity contribution is -0.130. The summed E-state index contributed by atoms with van der Waals surface area (Å²) in [4.78, 5) is 35.9. The van der Waals surface area contributed by atoms with Gasteiger partial charge in [-0.25, -0.2) is 9.98 Å². The quantitative estimate of drug-likeness (QED) is 0.790. The number of hydrogen-bond donors (Lipinski definition) is 2. The zero-order chi connectivity index (χ0) is 21.0. The van der Waals surface area contributed by atoms with E-state index >= 15 is 0 Å². The van der Waals surface area contributed by atoms with Gasteiger partial charge in [0.05, 0.1) is 24.0 Å². The zero-order valence-corrected chi connectivity index (χ0v) is 17.8. The van der Waals surface area contributed by atoms with Gasteiger partial charge in [0.2, 0.25) is 5.91 Å². The second-order valence-corrected chi connectivity index (χ2v) is 9.37. The number of hydrogen-bond acceptors (Lipinski definition) is 6. The molecule has 4 rings (SSSR count). The number of nitrogens with two attached hydrogens (primary N) is 1. The van der Waals surface area contributed by atoms with Gasteiger partial charge >= 0.3 is 0 Å². The number of fused-ring (bicyclic) bond motifs is 1. The van der Waals surface area contributed by atoms with Crippen LogP contribution in [0.5, 0.6) is 0 Å². The van der Waals surface area contributed by atoms with E-state index < -0.39 is 5.54 Å². The second-order valence-electron chi connectivity index (χ2n) is 8.43. The molecule has 0 radical (unpaired) electrons. The lowest BCUT2D eigenvalue weighted by Gasteiger charge is -2.26. The van der Waals surface area contributed by atoms with Gasteiger partial charge in [0, 0.05) is 10.8 Å². The van der Waals surface area contributed by atoms with Crippen molar-refractivity contribution < 1.29 is 9.59 Å². The van der Waals surface area contributed by atoms with Crippen molar-refractivity contribution in [3.63, 3.8) is 0 Å². The highest BCUT2D eigenvalue weighted by molar-refractivity contribution is 7.09. The number of carbonyl (C=O) groups excluding carboxylic acids is 2. The number of rotatable bonds is 5. The first-order chi connectivity index (χ1) is 13.6. The molecule has 1 aromatic heterocycles. The Balaban J connectivity index is 1.44. The first-order valence-corrected chi connectivity index (χ1v) is 10.5. The van der Waals surface area contributed by atoms with Crippen molar-refractivity contribution in [2.24, 2.45) is 22.1 Å². The number of benzene rings is 1. The minimum atomic E-state index is -0.424. The van der Waals surface area contributed by atoms with Gasteiger partial charge in [-0.15, -0.1) is 11.3 Å². The van der Waals surface area contributed by atoms with Gasteiger partial charge in [0.15, 0.2) is 5.96 Å². The lowest BCUT2D eigenvalue weighted by Crippen LogP contribution is -2.47. The number of amides is 2. The average Bonchev–Trinajstić information content (AvgIpc) is 3.00. The number of nitrogens with zero attached hydrogens (tertiary/aromatic N) is 3. The molecule has 1 fully saturated rings. The fraction of sp³-hybridized carbons (Fsp3) is 0.429. The third-order valence-corrected chi connectivity index (χ3v) is 7.20. The maximum Gasteiger partial charge on any atom is 0.271 e. The lowest BCUT2D eigenvalue weighted by atomic mass is 10.1. The molecule has 2 amide bonds. The van der Waals surface area contributed by atoms with Gasteiger partial charge in [0.1, 0.15) is 10.7 Å². The topological polar surface area (TPSA) is 101 Å². The second kappa shape index (κ2) is 6.66. The number of nitrogens with one attached hydrogen (secondary N) is 1. The van der Waals surface area contributed by atoms with E-state index in [4.69, 9.17) is 5.73 Å². The zero-order valence-electron chi connectivity index (χ0n) is 17.0. The predicted octanol–water partition coefficient (Wildman–Crippen LogP) is 2.71. The summed E-state index contributed by atoms with van der Waals surface area (Å²) in [6.45, 7) is 8.20. The van der Waals surface area contributed by atoms with Crippen LogP contribution in [0.15, 0.2) is 40.7 Å². The molecule has 0 saturated heterocycles. The van der Waals surface area contributed by atoms with Gasteiger partial charge in [-0.05, 0) is 19.4 Å². The summed E-state index contributed by atoms with van der Waals surface area (Å²) < 4.78 is 0. The molecule has 0 bridgehead atoms. The van der Waals surface area contributed by atoms with E-state index in [1.165, 1.54) is 16.2 Å². The van der Waals surface area contributed by atoms with E-state index in [0.717, 1.165) is 5.56 Å². The van der Waals surface area contributed by atoms with Crippen LogP contribution in [-0.4, -0.2) is 33.2 Å². The van der Waals surface area contributed by atoms with Crippen LogP contribution in [0.4, 0.5) is 0 Å². The largest absolute Gasteiger partial charge is 0.369 e. The summed E-state index contributed by atoms with van der Waals surface area (Å²) in [5.74, 6) is -0.217. The molecule has 1 aliphatic heterocycles. The van der Waals surface area contributed by atoms with E-state index in [0.29, 0.717) is 10.7 Å². The van der Waals surface area contributed by atoms with Crippen LogP contribution >= 0.6 is 11.3 Å². The Hall–Kier alpha value is -2.74. The molecule has 8 heteroatoms. The summed E-state index contributed by atoms with van der Waals surface area (Å²) in [7, 11) is 0. The van der Waals surface area contributed by atoms with E-state index in [9.17, 15) is 9.59 Å². The smallest absolute Gasteiger partial charge is 0.271 e. The number of aromatic nitrogens is 1. The summed E-state index contributed by atoms with van der Waals surface area (Å²) in [5.41, 5.74) is 6.82. The molecule has 2 aromatic rings. The van der Waals surface area contributed by atoms with Gasteiger partial charge < -0.3 is 11.1 Å². The molecule has 2 aliphatic rings. The van der Waals surface area contributed by atoms with E-state index in [1.54, 1.807) is 5.38 Å². The molecular formula is C21H25N5O2S. The van der Waals surface area contributed by atoms with Crippen molar-refractivity contribution in [1.29, 1.82) is 0 Å². The molecule has 29 heavy (non-hydrogen) atoms. The van der Waals surface area contributed by atoms with Crippen LogP contribution in [0.2, 0.25) is 0 Å². The Labute approximate surface area is 174 Å². The van der Waals surface area contributed by atoms with Crippen LogP contribution < -0.4 is 11.1 Å². The van der Waals surface area contributed by atoms with Crippen molar-refractivity contribution >= 4 is 29.1 Å². The highest BCUT2D eigenvalue weighted by atomic mass is 32.1. The van der Waals surface area contributed by atoms with Crippen LogP contribution in [0.1, 0.15) is 54.8 Å². The van der Waals surface area contributed by atoms with Crippen molar-refractivity contribution in [2.45, 2.75) is 45.8 Å². The predicted molar refractivity (Wildman–Crippen MR) is 112 cm³/mol. The Morgan fingerprint density at radius 2 is 2.00 bits per heavy atom. The monoisotopic (exact) mass is 411 g/mol. The van der Waals surface area contributed by atoms with Crippen LogP contribution in [-0.2, 0) is 11.3 Å².